The van der Waals surface area contributed by atoms with Gasteiger partial charge in [0.15, 0.2) is 0 Å². The third-order valence-electron chi connectivity index (χ3n) is 4.74. The summed E-state index contributed by atoms with van der Waals surface area (Å²) in [6, 6.07) is 17.9. The Morgan fingerprint density at radius 1 is 1.07 bits per heavy atom. The minimum Gasteiger partial charge on any atom is -0.467 e. The molecule has 0 radical (unpaired) electrons. The van der Waals surface area contributed by atoms with E-state index in [-0.39, 0.29) is 24.6 Å². The first-order chi connectivity index (χ1) is 14.0. The number of rotatable bonds is 5. The van der Waals surface area contributed by atoms with Gasteiger partial charge in [-0.1, -0.05) is 23.2 Å². The summed E-state index contributed by atoms with van der Waals surface area (Å²) in [6.07, 6.45) is 1.56. The second-order valence-electron chi connectivity index (χ2n) is 6.96. The molecule has 2 aromatic carbocycles. The van der Waals surface area contributed by atoms with E-state index in [0.717, 1.165) is 16.5 Å². The van der Waals surface area contributed by atoms with Gasteiger partial charge in [0, 0.05) is 21.7 Å². The largest absolute Gasteiger partial charge is 0.467 e. The van der Waals surface area contributed by atoms with Crippen LogP contribution in [-0.4, -0.2) is 15.8 Å². The molecule has 0 saturated carbocycles. The Kier molecular flexibility index (Phi) is 5.23. The molecule has 6 heteroatoms. The van der Waals surface area contributed by atoms with Crippen molar-refractivity contribution in [1.82, 2.24) is 9.88 Å². The number of H-pyrrole nitrogens is 1. The lowest BCUT2D eigenvalue weighted by atomic mass is 10.1. The second kappa shape index (κ2) is 7.97. The van der Waals surface area contributed by atoms with Crippen molar-refractivity contribution in [2.24, 2.45) is 0 Å². The Bertz CT molecular complexity index is 1210. The van der Waals surface area contributed by atoms with Gasteiger partial charge < -0.3 is 14.3 Å². The molecule has 0 aliphatic heterocycles. The topological polar surface area (TPSA) is 66.3 Å². The number of nitrogens with one attached hydrogen (secondary N) is 1. The van der Waals surface area contributed by atoms with E-state index in [1.807, 2.05) is 31.2 Å². The van der Waals surface area contributed by atoms with Crippen LogP contribution in [0.2, 0.25) is 5.02 Å². The summed E-state index contributed by atoms with van der Waals surface area (Å²) >= 11 is 5.94. The van der Waals surface area contributed by atoms with Crippen LogP contribution in [-0.2, 0) is 13.1 Å². The van der Waals surface area contributed by atoms with Gasteiger partial charge in [-0.15, -0.1) is 0 Å². The maximum atomic E-state index is 13.1. The lowest BCUT2D eigenvalue weighted by Crippen LogP contribution is -2.32. The zero-order valence-electron chi connectivity index (χ0n) is 15.8. The molecule has 0 atom stereocenters. The molecule has 0 unspecified atom stereocenters. The maximum absolute atomic E-state index is 13.1. The first-order valence-electron chi connectivity index (χ1n) is 9.19. The van der Waals surface area contributed by atoms with E-state index in [2.05, 4.69) is 4.98 Å². The van der Waals surface area contributed by atoms with Gasteiger partial charge in [0.25, 0.3) is 11.5 Å². The number of pyridine rings is 1. The van der Waals surface area contributed by atoms with Crippen LogP contribution in [0.3, 0.4) is 0 Å². The number of aryl methyl sites for hydroxylation is 1. The SMILES string of the molecule is Cc1ccc2[nH]c(=O)c(CN(Cc3ccco3)C(=O)c3ccc(Cl)cc3)cc2c1. The van der Waals surface area contributed by atoms with Crippen LogP contribution in [0.5, 0.6) is 0 Å². The molecule has 146 valence electrons. The van der Waals surface area contributed by atoms with Crippen molar-refractivity contribution >= 4 is 28.4 Å². The van der Waals surface area contributed by atoms with Crippen LogP contribution in [0.15, 0.2) is 76.1 Å². The molecule has 0 aliphatic carbocycles. The van der Waals surface area contributed by atoms with Gasteiger partial charge in [-0.2, -0.15) is 0 Å². The van der Waals surface area contributed by atoms with E-state index in [9.17, 15) is 9.59 Å². The summed E-state index contributed by atoms with van der Waals surface area (Å²) < 4.78 is 5.42. The summed E-state index contributed by atoms with van der Waals surface area (Å²) in [4.78, 5) is 30.3. The standard InChI is InChI=1S/C23H19ClN2O3/c1-15-4-9-21-17(11-15)12-18(22(27)25-21)13-26(14-20-3-2-10-29-20)23(28)16-5-7-19(24)8-6-16/h2-12H,13-14H2,1H3,(H,25,27). The minimum atomic E-state index is -0.213. The van der Waals surface area contributed by atoms with Crippen LogP contribution in [0.25, 0.3) is 10.9 Å². The van der Waals surface area contributed by atoms with Crippen molar-refractivity contribution in [1.29, 1.82) is 0 Å². The maximum Gasteiger partial charge on any atom is 0.254 e. The number of carbonyl (C=O) groups excluding carboxylic acids is 1. The molecule has 4 rings (SSSR count). The fourth-order valence-electron chi connectivity index (χ4n) is 3.26. The zero-order chi connectivity index (χ0) is 20.4. The highest BCUT2D eigenvalue weighted by molar-refractivity contribution is 6.30. The van der Waals surface area contributed by atoms with E-state index >= 15 is 0 Å². The van der Waals surface area contributed by atoms with Gasteiger partial charge in [0.1, 0.15) is 5.76 Å². The second-order valence-corrected chi connectivity index (χ2v) is 7.40. The van der Waals surface area contributed by atoms with Crippen molar-refractivity contribution in [2.45, 2.75) is 20.0 Å². The molecule has 4 aromatic rings. The molecule has 2 heterocycles. The Labute approximate surface area is 172 Å². The van der Waals surface area contributed by atoms with Gasteiger partial charge in [0.2, 0.25) is 0 Å². The number of furan rings is 1. The fraction of sp³-hybridized carbons (Fsp3) is 0.130. The van der Waals surface area contributed by atoms with Gasteiger partial charge in [-0.3, -0.25) is 9.59 Å². The quantitative estimate of drug-likeness (QED) is 0.511. The van der Waals surface area contributed by atoms with Crippen molar-refractivity contribution in [3.05, 3.63) is 105 Å². The van der Waals surface area contributed by atoms with E-state index < -0.39 is 0 Å². The highest BCUT2D eigenvalue weighted by Gasteiger charge is 2.19. The normalized spacial score (nSPS) is 11.0. The van der Waals surface area contributed by atoms with Gasteiger partial charge >= 0.3 is 0 Å². The number of hydrogen-bond donors (Lipinski definition) is 1. The summed E-state index contributed by atoms with van der Waals surface area (Å²) in [5.41, 5.74) is 2.66. The summed E-state index contributed by atoms with van der Waals surface area (Å²) in [5.74, 6) is 0.433. The Hall–Kier alpha value is -3.31. The van der Waals surface area contributed by atoms with Crippen molar-refractivity contribution in [3.63, 3.8) is 0 Å². The molecule has 0 bridgehead atoms. The molecule has 1 amide bonds. The molecule has 2 aromatic heterocycles. The first kappa shape index (κ1) is 19.0. The molecule has 0 aliphatic rings. The number of benzene rings is 2. The molecular formula is C23H19ClN2O3. The van der Waals surface area contributed by atoms with Crippen molar-refractivity contribution in [3.8, 4) is 0 Å². The number of aromatic nitrogens is 1. The van der Waals surface area contributed by atoms with Crippen LogP contribution in [0.4, 0.5) is 0 Å². The average molecular weight is 407 g/mol. The van der Waals surface area contributed by atoms with Crippen LogP contribution in [0, 0.1) is 6.92 Å². The molecule has 5 nitrogen and oxygen atoms in total. The summed E-state index contributed by atoms with van der Waals surface area (Å²) in [5, 5.41) is 1.48. The van der Waals surface area contributed by atoms with Gasteiger partial charge in [-0.05, 0) is 66.9 Å². The predicted molar refractivity (Wildman–Crippen MR) is 113 cm³/mol. The molecular weight excluding hydrogens is 388 g/mol. The number of halogens is 1. The summed E-state index contributed by atoms with van der Waals surface area (Å²) in [6.45, 7) is 2.40. The average Bonchev–Trinajstić information content (AvgIpc) is 3.21. The highest BCUT2D eigenvalue weighted by atomic mass is 35.5. The third-order valence-corrected chi connectivity index (χ3v) is 5.00. The number of nitrogens with zero attached hydrogens (tertiary/aromatic N) is 1. The van der Waals surface area contributed by atoms with Gasteiger partial charge in [0.05, 0.1) is 19.4 Å². The minimum absolute atomic E-state index is 0.154. The highest BCUT2D eigenvalue weighted by Crippen LogP contribution is 2.18. The molecule has 0 spiro atoms. The third kappa shape index (κ3) is 4.25. The zero-order valence-corrected chi connectivity index (χ0v) is 16.6. The van der Waals surface area contributed by atoms with Crippen LogP contribution in [0.1, 0.15) is 27.2 Å². The molecule has 0 fully saturated rings. The number of carbonyl (C=O) groups is 1. The first-order valence-corrected chi connectivity index (χ1v) is 9.57. The smallest absolute Gasteiger partial charge is 0.254 e. The van der Waals surface area contributed by atoms with E-state index in [1.54, 1.807) is 47.6 Å². The predicted octanol–water partition coefficient (Wildman–Crippen LogP) is 4.93. The Morgan fingerprint density at radius 2 is 1.86 bits per heavy atom. The number of aromatic amines is 1. The molecule has 0 saturated heterocycles. The summed E-state index contributed by atoms with van der Waals surface area (Å²) in [7, 11) is 0. The number of fused-ring (bicyclic) bond motifs is 1. The van der Waals surface area contributed by atoms with Crippen LogP contribution < -0.4 is 5.56 Å². The van der Waals surface area contributed by atoms with Crippen molar-refractivity contribution < 1.29 is 9.21 Å². The Morgan fingerprint density at radius 3 is 2.59 bits per heavy atom. The van der Waals surface area contributed by atoms with Gasteiger partial charge in [-0.25, -0.2) is 0 Å². The van der Waals surface area contributed by atoms with E-state index in [0.29, 0.717) is 21.9 Å². The van der Waals surface area contributed by atoms with E-state index in [1.165, 1.54) is 0 Å². The number of amides is 1. The Balaban J connectivity index is 1.70. The molecule has 29 heavy (non-hydrogen) atoms. The van der Waals surface area contributed by atoms with Crippen molar-refractivity contribution in [2.75, 3.05) is 0 Å². The number of hydrogen-bond acceptors (Lipinski definition) is 3. The monoisotopic (exact) mass is 406 g/mol. The van der Waals surface area contributed by atoms with E-state index in [4.69, 9.17) is 16.0 Å². The lowest BCUT2D eigenvalue weighted by Gasteiger charge is -2.22. The molecule has 1 N–H and O–H groups in total. The lowest BCUT2D eigenvalue weighted by molar-refractivity contribution is 0.0717. The van der Waals surface area contributed by atoms with Crippen LogP contribution >= 0.6 is 11.6 Å². The fourth-order valence-corrected chi connectivity index (χ4v) is 3.39.